The van der Waals surface area contributed by atoms with E-state index in [0.717, 1.165) is 69.3 Å². The van der Waals surface area contributed by atoms with E-state index in [1.165, 1.54) is 11.6 Å². The summed E-state index contributed by atoms with van der Waals surface area (Å²) in [7, 11) is 0. The predicted molar refractivity (Wildman–Crippen MR) is 132 cm³/mol. The minimum Gasteiger partial charge on any atom is -0.395 e. The third-order valence-corrected chi connectivity index (χ3v) is 7.97. The number of fused-ring (bicyclic) bond motifs is 1. The highest BCUT2D eigenvalue weighted by Crippen LogP contribution is 2.42. The van der Waals surface area contributed by atoms with Crippen LogP contribution in [0.15, 0.2) is 48.5 Å². The second-order valence-electron chi connectivity index (χ2n) is 10.2. The summed E-state index contributed by atoms with van der Waals surface area (Å²) in [5, 5.41) is 20.7. The largest absolute Gasteiger partial charge is 0.395 e. The number of aliphatic hydroxyl groups excluding tert-OH is 1. The number of nitrogens with zero attached hydrogens (tertiary/aromatic N) is 2. The van der Waals surface area contributed by atoms with Gasteiger partial charge in [-0.3, -0.25) is 9.80 Å². The molecule has 0 radical (unpaired) electrons. The van der Waals surface area contributed by atoms with Gasteiger partial charge in [0.2, 0.25) is 0 Å². The lowest BCUT2D eigenvalue weighted by Crippen LogP contribution is -2.67. The van der Waals surface area contributed by atoms with E-state index in [9.17, 15) is 14.6 Å². The van der Waals surface area contributed by atoms with Crippen LogP contribution >= 0.6 is 0 Å². The molecule has 2 N–H and O–H groups in total. The van der Waals surface area contributed by atoms with Crippen LogP contribution in [-0.2, 0) is 6.54 Å². The fourth-order valence-corrected chi connectivity index (χ4v) is 6.09. The zero-order chi connectivity index (χ0) is 23.5. The van der Waals surface area contributed by atoms with Crippen molar-refractivity contribution in [2.24, 2.45) is 0 Å². The normalized spacial score (nSPS) is 27.1. The monoisotopic (exact) mass is 462 g/mol. The van der Waals surface area contributed by atoms with Crippen molar-refractivity contribution in [3.05, 3.63) is 71.0 Å². The number of halogens is 1. The lowest BCUT2D eigenvalue weighted by atomic mass is 9.74. The van der Waals surface area contributed by atoms with Crippen molar-refractivity contribution in [1.82, 2.24) is 9.80 Å². The topological polar surface area (TPSA) is 46.9 Å². The van der Waals surface area contributed by atoms with Crippen LogP contribution in [0.25, 0.3) is 0 Å². The molecule has 2 aromatic carbocycles. The van der Waals surface area contributed by atoms with Crippen LogP contribution in [0, 0.1) is 17.7 Å². The number of hydrogen-bond donors (Lipinski definition) is 2. The fourth-order valence-electron chi connectivity index (χ4n) is 6.09. The molecule has 3 aliphatic rings. The highest BCUT2D eigenvalue weighted by Gasteiger charge is 2.49. The predicted octanol–water partition coefficient (Wildman–Crippen LogP) is 3.91. The Balaban J connectivity index is 1.32. The van der Waals surface area contributed by atoms with Gasteiger partial charge in [0, 0.05) is 42.2 Å². The van der Waals surface area contributed by atoms with E-state index >= 15 is 0 Å². The number of hydrogen-bond acceptors (Lipinski definition) is 4. The van der Waals surface area contributed by atoms with Crippen molar-refractivity contribution >= 4 is 0 Å². The first-order valence-electron chi connectivity index (χ1n) is 12.7. The summed E-state index contributed by atoms with van der Waals surface area (Å²) in [5.74, 6) is 6.35. The summed E-state index contributed by atoms with van der Waals surface area (Å²) in [6.45, 7) is 3.59. The van der Waals surface area contributed by atoms with Gasteiger partial charge in [0.05, 0.1) is 6.61 Å². The molecule has 1 saturated carbocycles. The van der Waals surface area contributed by atoms with Gasteiger partial charge in [-0.25, -0.2) is 4.39 Å². The molecule has 180 valence electrons. The van der Waals surface area contributed by atoms with E-state index in [0.29, 0.717) is 12.6 Å². The van der Waals surface area contributed by atoms with E-state index in [1.807, 2.05) is 24.3 Å². The molecule has 34 heavy (non-hydrogen) atoms. The van der Waals surface area contributed by atoms with Gasteiger partial charge in [0.15, 0.2) is 0 Å². The van der Waals surface area contributed by atoms with Gasteiger partial charge in [-0.15, -0.1) is 0 Å². The maximum Gasteiger partial charge on any atom is 0.127 e. The Labute approximate surface area is 202 Å². The van der Waals surface area contributed by atoms with Gasteiger partial charge in [0.1, 0.15) is 11.4 Å². The van der Waals surface area contributed by atoms with Crippen LogP contribution in [0.1, 0.15) is 61.1 Å². The van der Waals surface area contributed by atoms with Crippen molar-refractivity contribution in [3.8, 4) is 11.8 Å². The molecule has 5 heteroatoms. The Kier molecular flexibility index (Phi) is 7.04. The number of rotatable bonds is 4. The van der Waals surface area contributed by atoms with E-state index in [2.05, 4.69) is 33.8 Å². The van der Waals surface area contributed by atoms with Crippen molar-refractivity contribution in [2.45, 2.75) is 68.7 Å². The molecule has 0 amide bonds. The molecule has 2 aromatic rings. The third kappa shape index (κ3) is 4.92. The zero-order valence-corrected chi connectivity index (χ0v) is 19.8. The van der Waals surface area contributed by atoms with Gasteiger partial charge >= 0.3 is 0 Å². The fraction of sp³-hybridized carbons (Fsp3) is 0.517. The molecule has 0 bridgehead atoms. The average molecular weight is 463 g/mol. The molecule has 2 heterocycles. The molecule has 2 saturated heterocycles. The molecule has 3 atom stereocenters. The smallest absolute Gasteiger partial charge is 0.127 e. The maximum atomic E-state index is 14.3. The van der Waals surface area contributed by atoms with E-state index in [-0.39, 0.29) is 24.4 Å². The van der Waals surface area contributed by atoms with E-state index < -0.39 is 5.60 Å². The van der Waals surface area contributed by atoms with Gasteiger partial charge in [-0.1, -0.05) is 42.2 Å². The Morgan fingerprint density at radius 2 is 1.71 bits per heavy atom. The van der Waals surface area contributed by atoms with Crippen LogP contribution in [0.5, 0.6) is 0 Å². The van der Waals surface area contributed by atoms with Crippen LogP contribution < -0.4 is 0 Å². The van der Waals surface area contributed by atoms with Crippen LogP contribution in [-0.4, -0.2) is 63.9 Å². The lowest BCUT2D eigenvalue weighted by molar-refractivity contribution is -0.0656. The first kappa shape index (κ1) is 23.5. The highest BCUT2D eigenvalue weighted by molar-refractivity contribution is 5.40. The summed E-state index contributed by atoms with van der Waals surface area (Å²) in [6, 6.07) is 15.8. The zero-order valence-electron chi connectivity index (χ0n) is 19.8. The van der Waals surface area contributed by atoms with Crippen LogP contribution in [0.3, 0.4) is 0 Å². The van der Waals surface area contributed by atoms with Gasteiger partial charge in [0.25, 0.3) is 0 Å². The molecule has 3 fully saturated rings. The molecule has 0 unspecified atom stereocenters. The molecule has 5 rings (SSSR count). The third-order valence-electron chi connectivity index (χ3n) is 7.97. The Bertz CT molecular complexity index is 1040. The minimum atomic E-state index is -0.824. The van der Waals surface area contributed by atoms with Crippen LogP contribution in [0.2, 0.25) is 0 Å². The van der Waals surface area contributed by atoms with Gasteiger partial charge < -0.3 is 10.2 Å². The molecule has 0 spiro atoms. The Morgan fingerprint density at radius 1 is 0.971 bits per heavy atom. The summed E-state index contributed by atoms with van der Waals surface area (Å²) in [4.78, 5) is 4.82. The van der Waals surface area contributed by atoms with Crippen molar-refractivity contribution in [1.29, 1.82) is 0 Å². The minimum absolute atomic E-state index is 0.120. The maximum absolute atomic E-state index is 14.3. The number of benzene rings is 2. The summed E-state index contributed by atoms with van der Waals surface area (Å²) >= 11 is 0. The number of aliphatic hydroxyl groups is 2. The second-order valence-corrected chi connectivity index (χ2v) is 10.2. The lowest BCUT2D eigenvalue weighted by Gasteiger charge is -2.57. The molecule has 2 aliphatic heterocycles. The van der Waals surface area contributed by atoms with Crippen molar-refractivity contribution in [2.75, 3.05) is 26.2 Å². The second kappa shape index (κ2) is 10.2. The highest BCUT2D eigenvalue weighted by atomic mass is 19.1. The average Bonchev–Trinajstić information content (AvgIpc) is 3.27. The molecular formula is C29H35FN2O2. The molecule has 4 nitrogen and oxygen atoms in total. The first-order chi connectivity index (χ1) is 16.6. The summed E-state index contributed by atoms with van der Waals surface area (Å²) < 4.78 is 14.3. The molecular weight excluding hydrogens is 427 g/mol. The van der Waals surface area contributed by atoms with Gasteiger partial charge in [-0.2, -0.15) is 0 Å². The van der Waals surface area contributed by atoms with Crippen molar-refractivity contribution < 1.29 is 14.6 Å². The molecule has 1 aliphatic carbocycles. The van der Waals surface area contributed by atoms with Crippen LogP contribution in [0.4, 0.5) is 4.39 Å². The van der Waals surface area contributed by atoms with E-state index in [1.54, 1.807) is 6.07 Å². The summed E-state index contributed by atoms with van der Waals surface area (Å²) in [6.07, 6.45) is 5.78. The first-order valence-corrected chi connectivity index (χ1v) is 12.7. The Hall–Kier alpha value is -2.23. The van der Waals surface area contributed by atoms with Crippen molar-refractivity contribution in [3.63, 3.8) is 0 Å². The van der Waals surface area contributed by atoms with Gasteiger partial charge in [-0.05, 0) is 75.4 Å². The van der Waals surface area contributed by atoms with E-state index in [4.69, 9.17) is 0 Å². The standard InChI is InChI=1S/C29H35FN2O2/c30-25-8-2-1-7-24(25)19-31-17-5-6-18-32-26(20-31)28(27(32)21-33)23-11-9-22(10-12-23)13-16-29(34)14-3-4-15-29/h1-2,7-12,26-28,33-34H,3-6,14-15,17-21H2/t26-,27+,28-/m1/s1. The summed E-state index contributed by atoms with van der Waals surface area (Å²) in [5.41, 5.74) is 2.06. The SMILES string of the molecule is OC[C@H]1[C@H](c2ccc(C#CC3(O)CCCC3)cc2)[C@H]2CN(Cc3ccccc3F)CCCCN21. The Morgan fingerprint density at radius 3 is 2.44 bits per heavy atom. The quantitative estimate of drug-likeness (QED) is 0.677. The molecule has 0 aromatic heterocycles.